The second-order valence-corrected chi connectivity index (χ2v) is 9.21. The number of imidazole rings is 1. The fraction of sp³-hybridized carbons (Fsp3) is 0.385. The van der Waals surface area contributed by atoms with Crippen LogP contribution in [0.3, 0.4) is 0 Å². The summed E-state index contributed by atoms with van der Waals surface area (Å²) in [6, 6.07) is 7.60. The molecule has 4 heterocycles. The number of rotatable bonds is 9. The Morgan fingerprint density at radius 1 is 0.951 bits per heavy atom. The van der Waals surface area contributed by atoms with Gasteiger partial charge in [0.05, 0.1) is 26.2 Å². The standard InChI is InChI=1S/C26H27N7O8/c1-14(34)38-11-20-23(39-15(2)35)24(40-16(3)36)26(41-20)33-13-29-22-21(27-12-28-25(22)33)19-10-32(31-30-19)9-17-5-7-18(37-4)8-6-17/h5-8,10,12-13,20,23-24,26H,9,11H2,1-4H3/t20-,23-,24-,26-/m1/s1. The molecule has 1 aromatic carbocycles. The summed E-state index contributed by atoms with van der Waals surface area (Å²) in [4.78, 5) is 48.6. The molecule has 1 saturated heterocycles. The average Bonchev–Trinajstić information content (AvgIpc) is 3.65. The molecule has 15 heteroatoms. The van der Waals surface area contributed by atoms with Crippen LogP contribution in [0.15, 0.2) is 43.1 Å². The third kappa shape index (κ3) is 5.99. The lowest BCUT2D eigenvalue weighted by Gasteiger charge is -2.23. The van der Waals surface area contributed by atoms with Crippen molar-refractivity contribution < 1.29 is 38.1 Å². The number of aromatic nitrogens is 7. The van der Waals surface area contributed by atoms with Crippen molar-refractivity contribution >= 4 is 29.1 Å². The highest BCUT2D eigenvalue weighted by molar-refractivity contribution is 5.85. The maximum atomic E-state index is 12.0. The van der Waals surface area contributed by atoms with E-state index in [1.165, 1.54) is 33.4 Å². The van der Waals surface area contributed by atoms with Gasteiger partial charge in [-0.15, -0.1) is 5.10 Å². The summed E-state index contributed by atoms with van der Waals surface area (Å²) < 4.78 is 30.6. The molecule has 1 fully saturated rings. The number of fused-ring (bicyclic) bond motifs is 1. The van der Waals surface area contributed by atoms with E-state index in [0.717, 1.165) is 11.3 Å². The minimum atomic E-state index is -1.09. The van der Waals surface area contributed by atoms with Gasteiger partial charge in [-0.2, -0.15) is 0 Å². The van der Waals surface area contributed by atoms with E-state index >= 15 is 0 Å². The molecule has 0 N–H and O–H groups in total. The van der Waals surface area contributed by atoms with Gasteiger partial charge in [0, 0.05) is 20.8 Å². The van der Waals surface area contributed by atoms with Crippen LogP contribution in [-0.2, 0) is 39.9 Å². The predicted molar refractivity (Wildman–Crippen MR) is 138 cm³/mol. The van der Waals surface area contributed by atoms with Crippen LogP contribution in [0.2, 0.25) is 0 Å². The van der Waals surface area contributed by atoms with Crippen molar-refractivity contribution in [1.29, 1.82) is 0 Å². The molecular weight excluding hydrogens is 538 g/mol. The Balaban J connectivity index is 1.46. The molecule has 0 aliphatic carbocycles. The number of hydrogen-bond donors (Lipinski definition) is 0. The summed E-state index contributed by atoms with van der Waals surface area (Å²) in [6.07, 6.45) is 0.454. The minimum Gasteiger partial charge on any atom is -0.497 e. The van der Waals surface area contributed by atoms with E-state index in [0.29, 0.717) is 29.1 Å². The second-order valence-electron chi connectivity index (χ2n) is 9.21. The van der Waals surface area contributed by atoms with E-state index in [-0.39, 0.29) is 6.61 Å². The fourth-order valence-electron chi connectivity index (χ4n) is 4.54. The average molecular weight is 566 g/mol. The zero-order valence-electron chi connectivity index (χ0n) is 22.7. The Bertz CT molecular complexity index is 1570. The summed E-state index contributed by atoms with van der Waals surface area (Å²) in [5.41, 5.74) is 2.62. The lowest BCUT2D eigenvalue weighted by atomic mass is 10.1. The predicted octanol–water partition coefficient (Wildman–Crippen LogP) is 1.47. The van der Waals surface area contributed by atoms with Gasteiger partial charge in [-0.25, -0.2) is 19.6 Å². The third-order valence-electron chi connectivity index (χ3n) is 6.26. The number of carbonyl (C=O) groups excluding carboxylic acids is 3. The summed E-state index contributed by atoms with van der Waals surface area (Å²) in [7, 11) is 1.61. The SMILES string of the molecule is COc1ccc(Cn2cc(-c3ncnc4c3ncn4[C@@H]3O[C@H](COC(C)=O)[C@@H](OC(C)=O)[C@H]3OC(C)=O)nn2)cc1. The summed E-state index contributed by atoms with van der Waals surface area (Å²) in [5, 5.41) is 8.48. The quantitative estimate of drug-likeness (QED) is 0.211. The maximum Gasteiger partial charge on any atom is 0.303 e. The molecule has 4 atom stereocenters. The van der Waals surface area contributed by atoms with Crippen molar-refractivity contribution in [3.8, 4) is 17.1 Å². The van der Waals surface area contributed by atoms with Crippen molar-refractivity contribution in [2.75, 3.05) is 13.7 Å². The van der Waals surface area contributed by atoms with E-state index in [9.17, 15) is 14.4 Å². The van der Waals surface area contributed by atoms with Crippen LogP contribution in [0.1, 0.15) is 32.6 Å². The number of hydrogen-bond acceptors (Lipinski definition) is 13. The molecule has 0 bridgehead atoms. The van der Waals surface area contributed by atoms with Crippen molar-refractivity contribution in [1.82, 2.24) is 34.5 Å². The highest BCUT2D eigenvalue weighted by Crippen LogP contribution is 2.36. The Morgan fingerprint density at radius 2 is 1.68 bits per heavy atom. The van der Waals surface area contributed by atoms with Crippen molar-refractivity contribution in [3.63, 3.8) is 0 Å². The van der Waals surface area contributed by atoms with Gasteiger partial charge in [-0.1, -0.05) is 17.3 Å². The number of ether oxygens (including phenoxy) is 5. The topological polar surface area (TPSA) is 172 Å². The van der Waals surface area contributed by atoms with Gasteiger partial charge in [0.1, 0.15) is 41.7 Å². The molecule has 41 heavy (non-hydrogen) atoms. The minimum absolute atomic E-state index is 0.230. The van der Waals surface area contributed by atoms with Crippen LogP contribution in [0.25, 0.3) is 22.6 Å². The molecule has 0 spiro atoms. The fourth-order valence-corrected chi connectivity index (χ4v) is 4.54. The molecule has 1 aliphatic rings. The molecule has 0 saturated carbocycles. The third-order valence-corrected chi connectivity index (χ3v) is 6.26. The Hall–Kier alpha value is -4.92. The van der Waals surface area contributed by atoms with Gasteiger partial charge in [0.25, 0.3) is 0 Å². The van der Waals surface area contributed by atoms with Crippen LogP contribution in [0.5, 0.6) is 5.75 Å². The second kappa shape index (κ2) is 11.7. The molecule has 0 unspecified atom stereocenters. The summed E-state index contributed by atoms with van der Waals surface area (Å²) >= 11 is 0. The largest absolute Gasteiger partial charge is 0.497 e. The molecule has 0 amide bonds. The monoisotopic (exact) mass is 565 g/mol. The van der Waals surface area contributed by atoms with Crippen LogP contribution in [-0.4, -0.2) is 84.4 Å². The Labute approximate surface area is 233 Å². The van der Waals surface area contributed by atoms with E-state index in [1.54, 1.807) is 22.6 Å². The lowest BCUT2D eigenvalue weighted by molar-refractivity contribution is -0.166. The number of methoxy groups -OCH3 is 1. The van der Waals surface area contributed by atoms with Crippen molar-refractivity contribution in [2.24, 2.45) is 0 Å². The van der Waals surface area contributed by atoms with Gasteiger partial charge in [-0.3, -0.25) is 19.0 Å². The van der Waals surface area contributed by atoms with Gasteiger partial charge in [-0.05, 0) is 17.7 Å². The van der Waals surface area contributed by atoms with Crippen LogP contribution < -0.4 is 4.74 Å². The Morgan fingerprint density at radius 3 is 2.37 bits per heavy atom. The highest BCUT2D eigenvalue weighted by Gasteiger charge is 2.51. The first kappa shape index (κ1) is 27.6. The normalized spacial score (nSPS) is 20.1. The zero-order chi connectivity index (χ0) is 29.1. The van der Waals surface area contributed by atoms with Crippen molar-refractivity contribution in [3.05, 3.63) is 48.7 Å². The first-order chi connectivity index (χ1) is 19.7. The number of esters is 3. The molecule has 5 rings (SSSR count). The van der Waals surface area contributed by atoms with E-state index in [4.69, 9.17) is 23.7 Å². The van der Waals surface area contributed by atoms with Crippen LogP contribution >= 0.6 is 0 Å². The lowest BCUT2D eigenvalue weighted by Crippen LogP contribution is -2.40. The molecule has 1 aliphatic heterocycles. The van der Waals surface area contributed by atoms with E-state index in [2.05, 4.69) is 25.3 Å². The molecule has 0 radical (unpaired) electrons. The Kier molecular flexibility index (Phi) is 7.87. The zero-order valence-corrected chi connectivity index (χ0v) is 22.7. The molecule has 4 aromatic rings. The van der Waals surface area contributed by atoms with Crippen LogP contribution in [0, 0.1) is 0 Å². The highest BCUT2D eigenvalue weighted by atomic mass is 16.7. The molecule has 15 nitrogen and oxygen atoms in total. The van der Waals surface area contributed by atoms with Gasteiger partial charge in [0.2, 0.25) is 0 Å². The number of carbonyl (C=O) groups is 3. The maximum absolute atomic E-state index is 12.0. The van der Waals surface area contributed by atoms with Crippen LogP contribution in [0.4, 0.5) is 0 Å². The first-order valence-electron chi connectivity index (χ1n) is 12.6. The van der Waals surface area contributed by atoms with Gasteiger partial charge in [0.15, 0.2) is 24.1 Å². The summed E-state index contributed by atoms with van der Waals surface area (Å²) in [5.74, 6) is -1.04. The molecule has 214 valence electrons. The van der Waals surface area contributed by atoms with E-state index < -0.39 is 42.4 Å². The number of benzene rings is 1. The smallest absolute Gasteiger partial charge is 0.303 e. The molecular formula is C26H27N7O8. The number of nitrogens with zero attached hydrogens (tertiary/aromatic N) is 7. The van der Waals surface area contributed by atoms with Gasteiger partial charge < -0.3 is 23.7 Å². The molecule has 3 aromatic heterocycles. The summed E-state index contributed by atoms with van der Waals surface area (Å²) in [6.45, 7) is 3.93. The van der Waals surface area contributed by atoms with Crippen molar-refractivity contribution in [2.45, 2.75) is 51.9 Å². The first-order valence-corrected chi connectivity index (χ1v) is 12.6. The van der Waals surface area contributed by atoms with E-state index in [1.807, 2.05) is 24.3 Å². The van der Waals surface area contributed by atoms with Gasteiger partial charge >= 0.3 is 17.9 Å².